The van der Waals surface area contributed by atoms with Gasteiger partial charge in [0.2, 0.25) is 0 Å². The molecule has 0 N–H and O–H groups in total. The van der Waals surface area contributed by atoms with Gasteiger partial charge in [0.15, 0.2) is 6.73 Å². The van der Waals surface area contributed by atoms with Gasteiger partial charge in [0.25, 0.3) is 0 Å². The van der Waals surface area contributed by atoms with E-state index in [4.69, 9.17) is 4.74 Å². The van der Waals surface area contributed by atoms with Crippen molar-refractivity contribution in [2.75, 3.05) is 13.3 Å². The largest absolute Gasteiger partial charge is 0.476 e. The molecule has 0 fully saturated rings. The van der Waals surface area contributed by atoms with Crippen LogP contribution >= 0.6 is 0 Å². The van der Waals surface area contributed by atoms with Gasteiger partial charge in [0.1, 0.15) is 5.76 Å². The van der Waals surface area contributed by atoms with Crippen molar-refractivity contribution >= 4 is 0 Å². The SMILES string of the molecule is CCN1C=C(C)OC1. The predicted octanol–water partition coefficient (Wildman–Crippen LogP) is 1.16. The number of hydrogen-bond donors (Lipinski definition) is 0. The second-order valence-electron chi connectivity index (χ2n) is 1.92. The van der Waals surface area contributed by atoms with Crippen molar-refractivity contribution in [3.8, 4) is 0 Å². The van der Waals surface area contributed by atoms with Crippen LogP contribution in [0.2, 0.25) is 0 Å². The smallest absolute Gasteiger partial charge is 0.160 e. The lowest BCUT2D eigenvalue weighted by Gasteiger charge is -2.07. The van der Waals surface area contributed by atoms with Crippen LogP contribution in [0.25, 0.3) is 0 Å². The number of nitrogens with zero attached hydrogens (tertiary/aromatic N) is 1. The van der Waals surface area contributed by atoms with Crippen LogP contribution in [0.15, 0.2) is 12.0 Å². The molecule has 0 aromatic rings. The van der Waals surface area contributed by atoms with Gasteiger partial charge in [0, 0.05) is 12.7 Å². The average Bonchev–Trinajstić information content (AvgIpc) is 2.14. The molecule has 0 spiro atoms. The topological polar surface area (TPSA) is 12.5 Å². The van der Waals surface area contributed by atoms with Gasteiger partial charge >= 0.3 is 0 Å². The molecule has 0 unspecified atom stereocenters. The maximum atomic E-state index is 5.14. The molecule has 46 valence electrons. The Bertz CT molecular complexity index is 109. The first kappa shape index (κ1) is 5.48. The highest BCUT2D eigenvalue weighted by Crippen LogP contribution is 2.07. The normalized spacial score (nSPS) is 18.2. The molecule has 0 saturated heterocycles. The number of rotatable bonds is 1. The van der Waals surface area contributed by atoms with E-state index in [0.29, 0.717) is 0 Å². The molecular formula is C6H11NO. The van der Waals surface area contributed by atoms with E-state index >= 15 is 0 Å². The van der Waals surface area contributed by atoms with Crippen LogP contribution in [0.5, 0.6) is 0 Å². The summed E-state index contributed by atoms with van der Waals surface area (Å²) in [5.74, 6) is 1.02. The molecule has 2 heteroatoms. The van der Waals surface area contributed by atoms with Gasteiger partial charge in [-0.3, -0.25) is 0 Å². The Morgan fingerprint density at radius 3 is 2.88 bits per heavy atom. The summed E-state index contributed by atoms with van der Waals surface area (Å²) in [4.78, 5) is 2.12. The minimum absolute atomic E-state index is 0.738. The molecule has 0 aliphatic carbocycles. The van der Waals surface area contributed by atoms with E-state index in [9.17, 15) is 0 Å². The molecule has 1 aliphatic rings. The highest BCUT2D eigenvalue weighted by Gasteiger charge is 2.04. The van der Waals surface area contributed by atoms with Crippen molar-refractivity contribution in [2.24, 2.45) is 0 Å². The summed E-state index contributed by atoms with van der Waals surface area (Å²) >= 11 is 0. The molecule has 0 atom stereocenters. The molecule has 2 nitrogen and oxygen atoms in total. The van der Waals surface area contributed by atoms with Crippen molar-refractivity contribution in [3.63, 3.8) is 0 Å². The van der Waals surface area contributed by atoms with E-state index < -0.39 is 0 Å². The summed E-state index contributed by atoms with van der Waals surface area (Å²) < 4.78 is 5.14. The first-order valence-corrected chi connectivity index (χ1v) is 2.88. The molecule has 0 saturated carbocycles. The van der Waals surface area contributed by atoms with E-state index in [2.05, 4.69) is 11.8 Å². The van der Waals surface area contributed by atoms with Gasteiger partial charge in [-0.2, -0.15) is 0 Å². The summed E-state index contributed by atoms with van der Waals surface area (Å²) in [6, 6.07) is 0. The highest BCUT2D eigenvalue weighted by atomic mass is 16.5. The van der Waals surface area contributed by atoms with Crippen LogP contribution in [0.4, 0.5) is 0 Å². The molecule has 1 aliphatic heterocycles. The minimum Gasteiger partial charge on any atom is -0.476 e. The fourth-order valence-electron chi connectivity index (χ4n) is 0.699. The van der Waals surface area contributed by atoms with E-state index in [0.717, 1.165) is 19.0 Å². The van der Waals surface area contributed by atoms with E-state index in [1.165, 1.54) is 0 Å². The van der Waals surface area contributed by atoms with Crippen LogP contribution in [0, 0.1) is 0 Å². The zero-order chi connectivity index (χ0) is 5.98. The summed E-state index contributed by atoms with van der Waals surface area (Å²) in [6.45, 7) is 5.85. The summed E-state index contributed by atoms with van der Waals surface area (Å²) in [7, 11) is 0. The average molecular weight is 113 g/mol. The van der Waals surface area contributed by atoms with E-state index in [1.54, 1.807) is 0 Å². The third-order valence-electron chi connectivity index (χ3n) is 1.23. The van der Waals surface area contributed by atoms with Crippen LogP contribution in [0.1, 0.15) is 13.8 Å². The van der Waals surface area contributed by atoms with Crippen molar-refractivity contribution in [2.45, 2.75) is 13.8 Å². The second-order valence-corrected chi connectivity index (χ2v) is 1.92. The zero-order valence-electron chi connectivity index (χ0n) is 5.35. The maximum Gasteiger partial charge on any atom is 0.160 e. The molecule has 1 rings (SSSR count). The maximum absolute atomic E-state index is 5.14. The lowest BCUT2D eigenvalue weighted by atomic mass is 10.6. The summed E-state index contributed by atoms with van der Waals surface area (Å²) in [5.41, 5.74) is 0. The van der Waals surface area contributed by atoms with Gasteiger partial charge in [0.05, 0.1) is 0 Å². The fraction of sp³-hybridized carbons (Fsp3) is 0.667. The molecule has 0 aromatic heterocycles. The molecule has 1 heterocycles. The Balaban J connectivity index is 2.41. The van der Waals surface area contributed by atoms with Crippen molar-refractivity contribution in [3.05, 3.63) is 12.0 Å². The van der Waals surface area contributed by atoms with Crippen molar-refractivity contribution in [1.29, 1.82) is 0 Å². The van der Waals surface area contributed by atoms with Gasteiger partial charge in [-0.25, -0.2) is 0 Å². The monoisotopic (exact) mass is 113 g/mol. The Labute approximate surface area is 49.7 Å². The Hall–Kier alpha value is -0.660. The summed E-state index contributed by atoms with van der Waals surface area (Å²) in [6.07, 6.45) is 2.03. The third-order valence-corrected chi connectivity index (χ3v) is 1.23. The van der Waals surface area contributed by atoms with E-state index in [1.807, 2.05) is 13.1 Å². The molecule has 0 amide bonds. The third kappa shape index (κ3) is 0.941. The summed E-state index contributed by atoms with van der Waals surface area (Å²) in [5, 5.41) is 0. The Morgan fingerprint density at radius 2 is 2.62 bits per heavy atom. The van der Waals surface area contributed by atoms with Gasteiger partial charge in [-0.05, 0) is 13.8 Å². The van der Waals surface area contributed by atoms with Crippen LogP contribution < -0.4 is 0 Å². The van der Waals surface area contributed by atoms with E-state index in [-0.39, 0.29) is 0 Å². The molecular weight excluding hydrogens is 102 g/mol. The van der Waals surface area contributed by atoms with Crippen LogP contribution in [-0.2, 0) is 4.74 Å². The Kier molecular flexibility index (Phi) is 1.42. The highest BCUT2D eigenvalue weighted by molar-refractivity contribution is 4.91. The standard InChI is InChI=1S/C6H11NO/c1-3-7-4-6(2)8-5-7/h4H,3,5H2,1-2H3. The first-order valence-electron chi connectivity index (χ1n) is 2.88. The lowest BCUT2D eigenvalue weighted by molar-refractivity contribution is 0.158. The fourth-order valence-corrected chi connectivity index (χ4v) is 0.699. The predicted molar refractivity (Wildman–Crippen MR) is 32.1 cm³/mol. The molecule has 0 bridgehead atoms. The quantitative estimate of drug-likeness (QED) is 0.506. The van der Waals surface area contributed by atoms with Gasteiger partial charge in [-0.1, -0.05) is 0 Å². The van der Waals surface area contributed by atoms with Gasteiger partial charge < -0.3 is 9.64 Å². The second kappa shape index (κ2) is 2.07. The van der Waals surface area contributed by atoms with Crippen LogP contribution in [0.3, 0.4) is 0 Å². The number of allylic oxidation sites excluding steroid dienone is 1. The molecule has 0 radical (unpaired) electrons. The first-order chi connectivity index (χ1) is 3.83. The molecule has 8 heavy (non-hydrogen) atoms. The number of hydrogen-bond acceptors (Lipinski definition) is 2. The van der Waals surface area contributed by atoms with Gasteiger partial charge in [-0.15, -0.1) is 0 Å². The van der Waals surface area contributed by atoms with Crippen LogP contribution in [-0.4, -0.2) is 18.2 Å². The molecule has 0 aromatic carbocycles. The zero-order valence-corrected chi connectivity index (χ0v) is 5.35. The Morgan fingerprint density at radius 1 is 1.88 bits per heavy atom. The minimum atomic E-state index is 0.738. The number of ether oxygens (including phenoxy) is 1. The van der Waals surface area contributed by atoms with Crippen molar-refractivity contribution < 1.29 is 4.74 Å². The van der Waals surface area contributed by atoms with Crippen molar-refractivity contribution in [1.82, 2.24) is 4.90 Å². The lowest BCUT2D eigenvalue weighted by Crippen LogP contribution is -2.13.